The fourth-order valence-corrected chi connectivity index (χ4v) is 3.07. The average molecular weight is 319 g/mol. The van der Waals surface area contributed by atoms with Crippen LogP contribution in [0.15, 0.2) is 28.1 Å². The molecule has 1 unspecified atom stereocenters. The number of hydrogen-bond donors (Lipinski definition) is 1. The van der Waals surface area contributed by atoms with Gasteiger partial charge in [0.05, 0.1) is 29.5 Å². The summed E-state index contributed by atoms with van der Waals surface area (Å²) in [6.07, 6.45) is 8.81. The molecular formula is C15H15ClN4O2. The number of carbonyl (C=O) groups excluding carboxylic acids is 1. The number of nitroso groups, excluding NO2 is 1. The zero-order valence-corrected chi connectivity index (χ0v) is 12.6. The van der Waals surface area contributed by atoms with E-state index in [0.717, 1.165) is 48.2 Å². The maximum atomic E-state index is 11.6. The Morgan fingerprint density at radius 1 is 1.32 bits per heavy atom. The first-order valence-corrected chi connectivity index (χ1v) is 7.64. The topological polar surface area (TPSA) is 83.8 Å². The van der Waals surface area contributed by atoms with E-state index in [0.29, 0.717) is 6.54 Å². The van der Waals surface area contributed by atoms with E-state index in [1.54, 1.807) is 12.4 Å². The van der Waals surface area contributed by atoms with Gasteiger partial charge in [-0.05, 0) is 42.9 Å². The Bertz CT molecular complexity index is 684. The van der Waals surface area contributed by atoms with Gasteiger partial charge in [0.2, 0.25) is 0 Å². The van der Waals surface area contributed by atoms with Crippen molar-refractivity contribution in [1.82, 2.24) is 4.98 Å². The number of nitrogens with one attached hydrogen (secondary N) is 1. The van der Waals surface area contributed by atoms with Gasteiger partial charge in [-0.15, -0.1) is 16.5 Å². The highest BCUT2D eigenvalue weighted by molar-refractivity contribution is 6.22. The molecule has 0 radical (unpaired) electrons. The second-order valence-electron chi connectivity index (χ2n) is 5.34. The van der Waals surface area contributed by atoms with E-state index in [1.165, 1.54) is 0 Å². The number of anilines is 1. The van der Waals surface area contributed by atoms with E-state index in [-0.39, 0.29) is 11.1 Å². The molecule has 7 heteroatoms. The average Bonchev–Trinajstić information content (AvgIpc) is 2.54. The summed E-state index contributed by atoms with van der Waals surface area (Å²) < 4.78 is 0. The van der Waals surface area contributed by atoms with Crippen LogP contribution in [0.4, 0.5) is 5.69 Å². The zero-order chi connectivity index (χ0) is 15.5. The lowest BCUT2D eigenvalue weighted by Gasteiger charge is -2.22. The Morgan fingerprint density at radius 2 is 2.09 bits per heavy atom. The van der Waals surface area contributed by atoms with Gasteiger partial charge < -0.3 is 5.32 Å². The minimum atomic E-state index is -0.802. The van der Waals surface area contributed by atoms with Crippen molar-refractivity contribution in [2.75, 3.05) is 11.9 Å². The van der Waals surface area contributed by atoms with Crippen molar-refractivity contribution in [3.05, 3.63) is 39.7 Å². The van der Waals surface area contributed by atoms with Gasteiger partial charge in [-0.1, -0.05) is 0 Å². The van der Waals surface area contributed by atoms with Gasteiger partial charge in [-0.2, -0.15) is 0 Å². The predicted molar refractivity (Wildman–Crippen MR) is 85.7 cm³/mol. The second-order valence-corrected chi connectivity index (χ2v) is 5.90. The molecule has 1 aliphatic heterocycles. The third-order valence-corrected chi connectivity index (χ3v) is 4.10. The molecule has 1 aliphatic carbocycles. The molecule has 114 valence electrons. The normalized spacial score (nSPS) is 20.0. The third kappa shape index (κ3) is 2.92. The summed E-state index contributed by atoms with van der Waals surface area (Å²) in [5.41, 5.74) is 3.68. The van der Waals surface area contributed by atoms with Gasteiger partial charge in [0.1, 0.15) is 5.69 Å². The third-order valence-electron chi connectivity index (χ3n) is 3.84. The molecule has 6 nitrogen and oxygen atoms in total. The molecule has 2 heterocycles. The molecule has 0 saturated heterocycles. The highest BCUT2D eigenvalue weighted by Gasteiger charge is 2.23. The first kappa shape index (κ1) is 14.8. The molecular weight excluding hydrogens is 304 g/mol. The summed E-state index contributed by atoms with van der Waals surface area (Å²) in [4.78, 5) is 30.5. The van der Waals surface area contributed by atoms with Gasteiger partial charge >= 0.3 is 5.91 Å². The van der Waals surface area contributed by atoms with Gasteiger partial charge in [0.25, 0.3) is 0 Å². The zero-order valence-electron chi connectivity index (χ0n) is 11.9. The molecule has 2 aliphatic rings. The number of dihydropyridines is 1. The van der Waals surface area contributed by atoms with E-state index in [4.69, 9.17) is 11.6 Å². The highest BCUT2D eigenvalue weighted by Crippen LogP contribution is 2.30. The highest BCUT2D eigenvalue weighted by atomic mass is 35.5. The number of nitrogens with zero attached hydrogens (tertiary/aromatic N) is 3. The van der Waals surface area contributed by atoms with Crippen LogP contribution >= 0.6 is 11.6 Å². The molecule has 1 N–H and O–H groups in total. The Kier molecular flexibility index (Phi) is 4.29. The standard InChI is InChI=1S/C15H15ClN4O2/c16-9-5-10(7-17-6-9)19-13-8-18-14(15(21)20-22)12-4-2-1-3-11(12)13/h5,7-9,19H,1-4,6H2. The van der Waals surface area contributed by atoms with Gasteiger partial charge in [-0.25, -0.2) is 4.98 Å². The lowest BCUT2D eigenvalue weighted by molar-refractivity contribution is 0.0995. The van der Waals surface area contributed by atoms with Crippen LogP contribution < -0.4 is 5.32 Å². The number of carbonyl (C=O) groups is 1. The molecule has 1 aromatic rings. The number of halogens is 1. The van der Waals surface area contributed by atoms with E-state index in [2.05, 4.69) is 20.5 Å². The van der Waals surface area contributed by atoms with Crippen molar-refractivity contribution < 1.29 is 4.79 Å². The first-order chi connectivity index (χ1) is 10.7. The fraction of sp³-hybridized carbons (Fsp3) is 0.400. The lowest BCUT2D eigenvalue weighted by Crippen LogP contribution is -2.17. The van der Waals surface area contributed by atoms with Crippen LogP contribution in [-0.4, -0.2) is 29.0 Å². The van der Waals surface area contributed by atoms with E-state index in [1.807, 2.05) is 6.08 Å². The van der Waals surface area contributed by atoms with Crippen LogP contribution in [0.25, 0.3) is 0 Å². The molecule has 0 fully saturated rings. The fourth-order valence-electron chi connectivity index (χ4n) is 2.86. The molecule has 0 saturated carbocycles. The number of aromatic nitrogens is 1. The Hall–Kier alpha value is -2.08. The molecule has 0 spiro atoms. The summed E-state index contributed by atoms with van der Waals surface area (Å²) in [5.74, 6) is -0.802. The molecule has 0 bridgehead atoms. The Balaban J connectivity index is 1.97. The predicted octanol–water partition coefficient (Wildman–Crippen LogP) is 2.85. The van der Waals surface area contributed by atoms with Crippen molar-refractivity contribution in [2.45, 2.75) is 31.1 Å². The number of aliphatic imine (C=N–C) groups is 1. The quantitative estimate of drug-likeness (QED) is 0.686. The Morgan fingerprint density at radius 3 is 2.82 bits per heavy atom. The van der Waals surface area contributed by atoms with Gasteiger partial charge in [0.15, 0.2) is 0 Å². The van der Waals surface area contributed by atoms with Crippen molar-refractivity contribution in [1.29, 1.82) is 0 Å². The largest absolute Gasteiger partial charge is 0.353 e. The van der Waals surface area contributed by atoms with Crippen molar-refractivity contribution in [3.8, 4) is 0 Å². The van der Waals surface area contributed by atoms with E-state index >= 15 is 0 Å². The van der Waals surface area contributed by atoms with Crippen molar-refractivity contribution in [2.24, 2.45) is 10.2 Å². The molecule has 3 rings (SSSR count). The number of allylic oxidation sites excluding steroid dienone is 1. The molecule has 22 heavy (non-hydrogen) atoms. The van der Waals surface area contributed by atoms with E-state index in [9.17, 15) is 9.70 Å². The summed E-state index contributed by atoms with van der Waals surface area (Å²) in [6.45, 7) is 0.571. The van der Waals surface area contributed by atoms with Gasteiger partial charge in [0, 0.05) is 11.4 Å². The van der Waals surface area contributed by atoms with Gasteiger partial charge in [-0.3, -0.25) is 9.79 Å². The van der Waals surface area contributed by atoms with E-state index < -0.39 is 5.91 Å². The maximum Gasteiger partial charge on any atom is 0.335 e. The lowest BCUT2D eigenvalue weighted by atomic mass is 9.89. The summed E-state index contributed by atoms with van der Waals surface area (Å²) in [5, 5.41) is 5.64. The first-order valence-electron chi connectivity index (χ1n) is 7.20. The number of pyridine rings is 1. The monoisotopic (exact) mass is 318 g/mol. The van der Waals surface area contributed by atoms with Crippen LogP contribution in [0.3, 0.4) is 0 Å². The number of rotatable bonds is 3. The number of fused-ring (bicyclic) bond motifs is 1. The van der Waals surface area contributed by atoms with Crippen LogP contribution in [0.5, 0.6) is 0 Å². The smallest absolute Gasteiger partial charge is 0.335 e. The molecule has 0 aromatic carbocycles. The summed E-state index contributed by atoms with van der Waals surface area (Å²) >= 11 is 6.07. The SMILES string of the molecule is O=NC(=O)c1ncc(NC2=CC(Cl)CN=C2)c2c1CCCC2. The van der Waals surface area contributed by atoms with Crippen LogP contribution in [0, 0.1) is 4.91 Å². The van der Waals surface area contributed by atoms with Crippen molar-refractivity contribution in [3.63, 3.8) is 0 Å². The minimum absolute atomic E-state index is 0.128. The number of alkyl halides is 1. The van der Waals surface area contributed by atoms with Crippen LogP contribution in [0.1, 0.15) is 34.5 Å². The van der Waals surface area contributed by atoms with Crippen LogP contribution in [0.2, 0.25) is 0 Å². The Labute approximate surface area is 132 Å². The second kappa shape index (κ2) is 6.36. The maximum absolute atomic E-state index is 11.6. The molecule has 1 aromatic heterocycles. The summed E-state index contributed by atoms with van der Waals surface area (Å²) in [7, 11) is 0. The molecule has 1 amide bonds. The molecule has 1 atom stereocenters. The van der Waals surface area contributed by atoms with Crippen LogP contribution in [-0.2, 0) is 12.8 Å². The summed E-state index contributed by atoms with van der Waals surface area (Å²) in [6, 6.07) is 0. The minimum Gasteiger partial charge on any atom is -0.353 e. The number of amides is 1. The van der Waals surface area contributed by atoms with Crippen molar-refractivity contribution >= 4 is 29.4 Å². The number of hydrogen-bond acceptors (Lipinski definition) is 5.